The third-order valence-electron chi connectivity index (χ3n) is 4.63. The average Bonchev–Trinajstić information content (AvgIpc) is 3.04. The molecular weight excluding hydrogens is 360 g/mol. The monoisotopic (exact) mass is 376 g/mol. The van der Waals surface area contributed by atoms with Crippen molar-refractivity contribution in [3.8, 4) is 22.6 Å². The number of para-hydroxylation sites is 2. The number of aryl methyl sites for hydroxylation is 1. The Hall–Kier alpha value is -3.12. The summed E-state index contributed by atoms with van der Waals surface area (Å²) in [7, 11) is 0. The Balaban J connectivity index is 1.60. The molecule has 2 aromatic heterocycles. The van der Waals surface area contributed by atoms with E-state index in [1.165, 1.54) is 11.3 Å². The van der Waals surface area contributed by atoms with Crippen molar-refractivity contribution in [3.05, 3.63) is 75.7 Å². The fourth-order valence-corrected chi connectivity index (χ4v) is 4.45. The molecule has 0 amide bonds. The van der Waals surface area contributed by atoms with Crippen LogP contribution in [0, 0.1) is 6.92 Å². The summed E-state index contributed by atoms with van der Waals surface area (Å²) in [6.07, 6.45) is -0.445. The van der Waals surface area contributed by atoms with E-state index in [2.05, 4.69) is 4.98 Å². The number of benzene rings is 2. The zero-order valence-corrected chi connectivity index (χ0v) is 15.4. The third-order valence-corrected chi connectivity index (χ3v) is 5.63. The number of hydrogen-bond acceptors (Lipinski definition) is 5. The number of aromatic amines is 1. The van der Waals surface area contributed by atoms with E-state index in [-0.39, 0.29) is 5.56 Å². The van der Waals surface area contributed by atoms with E-state index in [4.69, 9.17) is 14.5 Å². The summed E-state index contributed by atoms with van der Waals surface area (Å²) < 4.78 is 11.7. The molecule has 27 heavy (non-hydrogen) atoms. The highest BCUT2D eigenvalue weighted by Crippen LogP contribution is 2.37. The lowest BCUT2D eigenvalue weighted by Crippen LogP contribution is -2.25. The number of fused-ring (bicyclic) bond motifs is 2. The van der Waals surface area contributed by atoms with E-state index in [0.717, 1.165) is 16.0 Å². The highest BCUT2D eigenvalue weighted by molar-refractivity contribution is 7.19. The van der Waals surface area contributed by atoms with Crippen LogP contribution in [0.25, 0.3) is 21.3 Å². The molecule has 0 saturated heterocycles. The first-order valence-corrected chi connectivity index (χ1v) is 9.49. The molecule has 2 aromatic carbocycles. The highest BCUT2D eigenvalue weighted by atomic mass is 32.1. The first-order valence-electron chi connectivity index (χ1n) is 8.68. The van der Waals surface area contributed by atoms with Gasteiger partial charge in [-0.3, -0.25) is 4.79 Å². The standard InChI is InChI=1S/C21H16N2O3S/c1-12-17(13-7-3-2-4-8-13)18-20(24)22-19(23-21(18)27-12)16-11-25-14-9-5-6-10-15(14)26-16/h2-10,16H,11H2,1H3,(H,22,23,24). The first-order chi connectivity index (χ1) is 13.2. The molecule has 1 aliphatic rings. The fraction of sp³-hybridized carbons (Fsp3) is 0.143. The van der Waals surface area contributed by atoms with Crippen molar-refractivity contribution in [2.75, 3.05) is 6.61 Å². The van der Waals surface area contributed by atoms with Crippen molar-refractivity contribution in [2.45, 2.75) is 13.0 Å². The summed E-state index contributed by atoms with van der Waals surface area (Å²) in [5.74, 6) is 1.85. The van der Waals surface area contributed by atoms with Crippen LogP contribution in [0.15, 0.2) is 59.4 Å². The van der Waals surface area contributed by atoms with Crippen molar-refractivity contribution in [3.63, 3.8) is 0 Å². The minimum atomic E-state index is -0.445. The number of nitrogens with one attached hydrogen (secondary N) is 1. The predicted octanol–water partition coefficient (Wildman–Crippen LogP) is 4.47. The van der Waals surface area contributed by atoms with Gasteiger partial charge in [-0.05, 0) is 24.6 Å². The maximum atomic E-state index is 12.9. The van der Waals surface area contributed by atoms with Crippen molar-refractivity contribution in [1.29, 1.82) is 0 Å². The number of H-pyrrole nitrogens is 1. The molecule has 0 spiro atoms. The van der Waals surface area contributed by atoms with Gasteiger partial charge < -0.3 is 14.5 Å². The topological polar surface area (TPSA) is 64.2 Å². The normalized spacial score (nSPS) is 15.8. The number of ether oxygens (including phenoxy) is 2. The van der Waals surface area contributed by atoms with Crippen LogP contribution in [0.4, 0.5) is 0 Å². The van der Waals surface area contributed by atoms with Crippen LogP contribution in [0.3, 0.4) is 0 Å². The predicted molar refractivity (Wildman–Crippen MR) is 106 cm³/mol. The molecule has 0 saturated carbocycles. The van der Waals surface area contributed by atoms with Gasteiger partial charge in [-0.15, -0.1) is 11.3 Å². The number of aromatic nitrogens is 2. The van der Waals surface area contributed by atoms with Gasteiger partial charge in [0.15, 0.2) is 23.4 Å². The Morgan fingerprint density at radius 3 is 2.63 bits per heavy atom. The maximum absolute atomic E-state index is 12.9. The molecule has 1 N–H and O–H groups in total. The molecular formula is C21H16N2O3S. The molecule has 1 atom stereocenters. The Morgan fingerprint density at radius 1 is 1.07 bits per heavy atom. The number of rotatable bonds is 2. The SMILES string of the molecule is Cc1sc2nc(C3COc4ccccc4O3)[nH]c(=O)c2c1-c1ccccc1. The van der Waals surface area contributed by atoms with Gasteiger partial charge in [-0.25, -0.2) is 4.98 Å². The van der Waals surface area contributed by atoms with Gasteiger partial charge in [0.1, 0.15) is 11.4 Å². The molecule has 1 aliphatic heterocycles. The summed E-state index contributed by atoms with van der Waals surface area (Å²) >= 11 is 1.52. The van der Waals surface area contributed by atoms with Crippen LogP contribution in [-0.4, -0.2) is 16.6 Å². The number of hydrogen-bond donors (Lipinski definition) is 1. The van der Waals surface area contributed by atoms with Gasteiger partial charge in [0.2, 0.25) is 0 Å². The van der Waals surface area contributed by atoms with Crippen molar-refractivity contribution in [1.82, 2.24) is 9.97 Å². The minimum absolute atomic E-state index is 0.152. The summed E-state index contributed by atoms with van der Waals surface area (Å²) in [4.78, 5) is 22.3. The molecule has 134 valence electrons. The Bertz CT molecular complexity index is 1200. The average molecular weight is 376 g/mol. The molecule has 4 aromatic rings. The molecule has 0 aliphatic carbocycles. The van der Waals surface area contributed by atoms with Crippen LogP contribution in [-0.2, 0) is 0 Å². The largest absolute Gasteiger partial charge is 0.485 e. The third kappa shape index (κ3) is 2.69. The lowest BCUT2D eigenvalue weighted by atomic mass is 10.0. The maximum Gasteiger partial charge on any atom is 0.260 e. The molecule has 5 nitrogen and oxygen atoms in total. The van der Waals surface area contributed by atoms with Gasteiger partial charge in [0.25, 0.3) is 5.56 Å². The van der Waals surface area contributed by atoms with Gasteiger partial charge in [-0.1, -0.05) is 42.5 Å². The van der Waals surface area contributed by atoms with E-state index in [9.17, 15) is 4.79 Å². The van der Waals surface area contributed by atoms with Crippen LogP contribution < -0.4 is 15.0 Å². The second-order valence-electron chi connectivity index (χ2n) is 6.39. The van der Waals surface area contributed by atoms with Gasteiger partial charge in [-0.2, -0.15) is 0 Å². The zero-order chi connectivity index (χ0) is 18.4. The second kappa shape index (κ2) is 6.25. The second-order valence-corrected chi connectivity index (χ2v) is 7.60. The molecule has 6 heteroatoms. The number of thiophene rings is 1. The Kier molecular flexibility index (Phi) is 3.72. The minimum Gasteiger partial charge on any atom is -0.485 e. The lowest BCUT2D eigenvalue weighted by molar-refractivity contribution is 0.0852. The lowest BCUT2D eigenvalue weighted by Gasteiger charge is -2.25. The van der Waals surface area contributed by atoms with Gasteiger partial charge >= 0.3 is 0 Å². The van der Waals surface area contributed by atoms with Gasteiger partial charge in [0, 0.05) is 10.4 Å². The fourth-order valence-electron chi connectivity index (χ4n) is 3.39. The summed E-state index contributed by atoms with van der Waals surface area (Å²) in [5.41, 5.74) is 1.81. The smallest absolute Gasteiger partial charge is 0.260 e. The number of nitrogens with zero attached hydrogens (tertiary/aromatic N) is 1. The summed E-state index contributed by atoms with van der Waals surface area (Å²) in [5, 5.41) is 0.629. The van der Waals surface area contributed by atoms with Crippen molar-refractivity contribution < 1.29 is 9.47 Å². The van der Waals surface area contributed by atoms with E-state index in [1.807, 2.05) is 61.5 Å². The van der Waals surface area contributed by atoms with Crippen molar-refractivity contribution >= 4 is 21.6 Å². The van der Waals surface area contributed by atoms with E-state index in [0.29, 0.717) is 34.1 Å². The first kappa shape index (κ1) is 16.1. The molecule has 5 rings (SSSR count). The summed E-state index contributed by atoms with van der Waals surface area (Å²) in [6, 6.07) is 17.4. The molecule has 3 heterocycles. The Morgan fingerprint density at radius 2 is 1.81 bits per heavy atom. The van der Waals surface area contributed by atoms with Crippen LogP contribution in [0.1, 0.15) is 16.8 Å². The van der Waals surface area contributed by atoms with Crippen molar-refractivity contribution in [2.24, 2.45) is 0 Å². The molecule has 0 radical (unpaired) electrons. The van der Waals surface area contributed by atoms with Crippen LogP contribution in [0.2, 0.25) is 0 Å². The van der Waals surface area contributed by atoms with Crippen LogP contribution >= 0.6 is 11.3 Å². The molecule has 0 bridgehead atoms. The van der Waals surface area contributed by atoms with E-state index < -0.39 is 6.10 Å². The van der Waals surface area contributed by atoms with Gasteiger partial charge in [0.05, 0.1) is 5.39 Å². The zero-order valence-electron chi connectivity index (χ0n) is 14.6. The Labute approximate surface area is 159 Å². The molecule has 0 fully saturated rings. The van der Waals surface area contributed by atoms with E-state index >= 15 is 0 Å². The van der Waals surface area contributed by atoms with E-state index in [1.54, 1.807) is 0 Å². The highest BCUT2D eigenvalue weighted by Gasteiger charge is 2.26. The summed E-state index contributed by atoms with van der Waals surface area (Å²) in [6.45, 7) is 2.33. The molecule has 1 unspecified atom stereocenters. The quantitative estimate of drug-likeness (QED) is 0.560. The van der Waals surface area contributed by atoms with Crippen LogP contribution in [0.5, 0.6) is 11.5 Å².